The van der Waals surface area contributed by atoms with Gasteiger partial charge in [-0.1, -0.05) is 48.5 Å². The number of nitrogens with zero attached hydrogens (tertiary/aromatic N) is 1. The summed E-state index contributed by atoms with van der Waals surface area (Å²) in [5.74, 6) is -0.873. The van der Waals surface area contributed by atoms with Crippen molar-refractivity contribution in [3.63, 3.8) is 0 Å². The van der Waals surface area contributed by atoms with Crippen molar-refractivity contribution in [3.8, 4) is 0 Å². The van der Waals surface area contributed by atoms with Crippen molar-refractivity contribution < 1.29 is 13.2 Å². The fraction of sp³-hybridized carbons (Fsp3) is 0.200. The van der Waals surface area contributed by atoms with Gasteiger partial charge in [-0.3, -0.25) is 4.79 Å². The summed E-state index contributed by atoms with van der Waals surface area (Å²) in [4.78, 5) is 12.2. The highest BCUT2D eigenvalue weighted by molar-refractivity contribution is 7.91. The molecule has 0 saturated carbocycles. The van der Waals surface area contributed by atoms with Crippen LogP contribution in [-0.4, -0.2) is 32.0 Å². The minimum absolute atomic E-state index is 0.0722. The van der Waals surface area contributed by atoms with E-state index in [1.165, 1.54) is 0 Å². The van der Waals surface area contributed by atoms with Gasteiger partial charge in [0.15, 0.2) is 9.84 Å². The molecular formula is C20H18N2O3S. The predicted molar refractivity (Wildman–Crippen MR) is 104 cm³/mol. The van der Waals surface area contributed by atoms with Crippen LogP contribution in [0.1, 0.15) is 12.0 Å². The van der Waals surface area contributed by atoms with Crippen LogP contribution in [0.2, 0.25) is 0 Å². The zero-order valence-electron chi connectivity index (χ0n) is 14.1. The van der Waals surface area contributed by atoms with Crippen molar-refractivity contribution in [1.82, 2.24) is 5.43 Å². The molecule has 3 aromatic rings. The quantitative estimate of drug-likeness (QED) is 0.440. The van der Waals surface area contributed by atoms with Gasteiger partial charge >= 0.3 is 0 Å². The molecule has 6 heteroatoms. The van der Waals surface area contributed by atoms with Gasteiger partial charge in [-0.2, -0.15) is 5.10 Å². The molecule has 0 bridgehead atoms. The first-order chi connectivity index (χ1) is 12.5. The fourth-order valence-corrected chi connectivity index (χ4v) is 5.18. The second kappa shape index (κ2) is 6.53. The van der Waals surface area contributed by atoms with E-state index in [1.54, 1.807) is 6.21 Å². The highest BCUT2D eigenvalue weighted by Crippen LogP contribution is 2.27. The van der Waals surface area contributed by atoms with Crippen LogP contribution < -0.4 is 5.43 Å². The number of carbonyl (C=O) groups is 1. The molecule has 1 amide bonds. The van der Waals surface area contributed by atoms with Gasteiger partial charge < -0.3 is 0 Å². The summed E-state index contributed by atoms with van der Waals surface area (Å²) in [6.45, 7) is 0. The predicted octanol–water partition coefficient (Wildman–Crippen LogP) is 2.88. The van der Waals surface area contributed by atoms with E-state index in [0.717, 1.165) is 27.1 Å². The summed E-state index contributed by atoms with van der Waals surface area (Å²) in [5.41, 5.74) is 3.44. The van der Waals surface area contributed by atoms with Gasteiger partial charge in [-0.05, 0) is 34.0 Å². The largest absolute Gasteiger partial charge is 0.273 e. The second-order valence-corrected chi connectivity index (χ2v) is 8.80. The topological polar surface area (TPSA) is 75.6 Å². The molecule has 4 rings (SSSR count). The molecule has 0 aliphatic carbocycles. The van der Waals surface area contributed by atoms with E-state index in [9.17, 15) is 13.2 Å². The number of fused-ring (bicyclic) bond motifs is 2. The Labute approximate surface area is 151 Å². The van der Waals surface area contributed by atoms with Gasteiger partial charge in [0.25, 0.3) is 0 Å². The third-order valence-electron chi connectivity index (χ3n) is 4.78. The number of benzene rings is 3. The van der Waals surface area contributed by atoms with Crippen LogP contribution in [0.25, 0.3) is 21.5 Å². The molecule has 0 unspecified atom stereocenters. The average Bonchev–Trinajstić information content (AvgIpc) is 3.01. The molecule has 0 radical (unpaired) electrons. The van der Waals surface area contributed by atoms with Crippen LogP contribution in [0.15, 0.2) is 59.7 Å². The van der Waals surface area contributed by atoms with E-state index in [0.29, 0.717) is 6.42 Å². The van der Waals surface area contributed by atoms with Crippen molar-refractivity contribution in [2.24, 2.45) is 11.0 Å². The molecule has 26 heavy (non-hydrogen) atoms. The number of sulfone groups is 1. The monoisotopic (exact) mass is 366 g/mol. The van der Waals surface area contributed by atoms with Gasteiger partial charge in [0.05, 0.1) is 23.6 Å². The number of rotatable bonds is 3. The van der Waals surface area contributed by atoms with E-state index < -0.39 is 15.8 Å². The third kappa shape index (κ3) is 3.20. The van der Waals surface area contributed by atoms with E-state index >= 15 is 0 Å². The van der Waals surface area contributed by atoms with Crippen LogP contribution in [-0.2, 0) is 14.6 Å². The van der Waals surface area contributed by atoms with Gasteiger partial charge in [0.2, 0.25) is 5.91 Å². The lowest BCUT2D eigenvalue weighted by Crippen LogP contribution is -2.27. The summed E-state index contributed by atoms with van der Waals surface area (Å²) < 4.78 is 23.0. The van der Waals surface area contributed by atoms with Crippen LogP contribution in [0.5, 0.6) is 0 Å². The number of hydrogen-bond donors (Lipinski definition) is 1. The Morgan fingerprint density at radius 3 is 2.23 bits per heavy atom. The Morgan fingerprint density at radius 1 is 1.04 bits per heavy atom. The first-order valence-electron chi connectivity index (χ1n) is 8.47. The van der Waals surface area contributed by atoms with Gasteiger partial charge in [-0.15, -0.1) is 0 Å². The molecule has 1 aliphatic heterocycles. The van der Waals surface area contributed by atoms with Crippen LogP contribution in [0, 0.1) is 5.92 Å². The van der Waals surface area contributed by atoms with E-state index in [-0.39, 0.29) is 17.4 Å². The molecule has 5 nitrogen and oxygen atoms in total. The number of hydrazone groups is 1. The number of hydrogen-bond acceptors (Lipinski definition) is 4. The lowest BCUT2D eigenvalue weighted by atomic mass is 9.97. The van der Waals surface area contributed by atoms with Gasteiger partial charge in [-0.25, -0.2) is 13.8 Å². The fourth-order valence-electron chi connectivity index (χ4n) is 3.44. The molecule has 1 saturated heterocycles. The highest BCUT2D eigenvalue weighted by atomic mass is 32.2. The molecule has 1 atom stereocenters. The van der Waals surface area contributed by atoms with Crippen molar-refractivity contribution in [2.45, 2.75) is 6.42 Å². The second-order valence-electron chi connectivity index (χ2n) is 6.57. The third-order valence-corrected chi connectivity index (χ3v) is 6.55. The summed E-state index contributed by atoms with van der Waals surface area (Å²) >= 11 is 0. The molecule has 0 spiro atoms. The van der Waals surface area contributed by atoms with E-state index in [4.69, 9.17) is 0 Å². The Kier molecular flexibility index (Phi) is 4.20. The molecule has 1 aliphatic rings. The molecule has 0 aromatic heterocycles. The smallest absolute Gasteiger partial charge is 0.244 e. The normalized spacial score (nSPS) is 19.3. The molecule has 3 aromatic carbocycles. The molecule has 1 N–H and O–H groups in total. The molecule has 1 fully saturated rings. The van der Waals surface area contributed by atoms with Gasteiger partial charge in [0.1, 0.15) is 0 Å². The minimum Gasteiger partial charge on any atom is -0.273 e. The van der Waals surface area contributed by atoms with Gasteiger partial charge in [0, 0.05) is 5.56 Å². The van der Waals surface area contributed by atoms with Crippen molar-refractivity contribution in [2.75, 3.05) is 11.5 Å². The Hall–Kier alpha value is -2.73. The highest BCUT2D eigenvalue weighted by Gasteiger charge is 2.32. The minimum atomic E-state index is -3.09. The van der Waals surface area contributed by atoms with E-state index in [1.807, 2.05) is 48.5 Å². The van der Waals surface area contributed by atoms with Crippen molar-refractivity contribution in [3.05, 3.63) is 60.2 Å². The Balaban J connectivity index is 1.65. The first-order valence-corrected chi connectivity index (χ1v) is 10.3. The van der Waals surface area contributed by atoms with Crippen LogP contribution >= 0.6 is 0 Å². The number of amides is 1. The first kappa shape index (κ1) is 16.7. The zero-order valence-corrected chi connectivity index (χ0v) is 14.9. The SMILES string of the molecule is O=C(N/N=C\c1c2ccccc2cc2ccccc12)[C@H]1CCS(=O)(=O)C1. The van der Waals surface area contributed by atoms with Crippen LogP contribution in [0.3, 0.4) is 0 Å². The summed E-state index contributed by atoms with van der Waals surface area (Å²) in [6.07, 6.45) is 2.01. The van der Waals surface area contributed by atoms with Crippen molar-refractivity contribution in [1.29, 1.82) is 0 Å². The Bertz CT molecular complexity index is 1080. The Morgan fingerprint density at radius 2 is 1.65 bits per heavy atom. The lowest BCUT2D eigenvalue weighted by Gasteiger charge is -2.08. The van der Waals surface area contributed by atoms with E-state index in [2.05, 4.69) is 16.6 Å². The molecule has 1 heterocycles. The summed E-state index contributed by atoms with van der Waals surface area (Å²) in [6, 6.07) is 18.2. The number of nitrogens with one attached hydrogen (secondary N) is 1. The summed E-state index contributed by atoms with van der Waals surface area (Å²) in [5, 5.41) is 8.41. The standard InChI is InChI=1S/C20H18N2O3S/c23-20(16-9-10-26(24,25)13-16)22-21-12-19-17-7-3-1-5-14(17)11-15-6-2-4-8-18(15)19/h1-8,11-12,16H,9-10,13H2,(H,22,23)/b21-12-/t16-/m0/s1. The summed E-state index contributed by atoms with van der Waals surface area (Å²) in [7, 11) is -3.09. The van der Waals surface area contributed by atoms with Crippen molar-refractivity contribution >= 4 is 43.5 Å². The maximum Gasteiger partial charge on any atom is 0.244 e. The zero-order chi connectivity index (χ0) is 18.1. The average molecular weight is 366 g/mol. The lowest BCUT2D eigenvalue weighted by molar-refractivity contribution is -0.124. The number of carbonyl (C=O) groups excluding carboxylic acids is 1. The molecule has 132 valence electrons. The maximum atomic E-state index is 12.2. The maximum absolute atomic E-state index is 12.2. The molecular weight excluding hydrogens is 348 g/mol. The van der Waals surface area contributed by atoms with Crippen LogP contribution in [0.4, 0.5) is 0 Å².